The van der Waals surface area contributed by atoms with Crippen LogP contribution in [0.3, 0.4) is 0 Å². The van der Waals surface area contributed by atoms with Crippen molar-refractivity contribution >= 4 is 8.15 Å². The van der Waals surface area contributed by atoms with Crippen LogP contribution in [0.15, 0.2) is 91.0 Å². The summed E-state index contributed by atoms with van der Waals surface area (Å²) in [7, 11) is -0.432. The number of hydrogen-bond acceptors (Lipinski definition) is 1. The molecule has 25 heavy (non-hydrogen) atoms. The fourth-order valence-corrected chi connectivity index (χ4v) is 4.61. The first-order valence-electron chi connectivity index (χ1n) is 8.90. The van der Waals surface area contributed by atoms with E-state index in [9.17, 15) is 0 Å². The number of aryl methyl sites for hydroxylation is 2. The van der Waals surface area contributed by atoms with E-state index in [1.165, 1.54) is 16.7 Å². The average Bonchev–Trinajstić information content (AvgIpc) is 2.70. The summed E-state index contributed by atoms with van der Waals surface area (Å²) in [5, 5.41) is 0. The van der Waals surface area contributed by atoms with Gasteiger partial charge >= 0.3 is 0 Å². The summed E-state index contributed by atoms with van der Waals surface area (Å²) in [5.74, 6) is 0. The van der Waals surface area contributed by atoms with E-state index >= 15 is 0 Å². The van der Waals surface area contributed by atoms with Gasteiger partial charge in [0, 0.05) is 8.15 Å². The van der Waals surface area contributed by atoms with Crippen molar-refractivity contribution in [2.75, 3.05) is 12.3 Å². The average molecular weight is 348 g/mol. The molecule has 0 aliphatic carbocycles. The van der Waals surface area contributed by atoms with Gasteiger partial charge in [-0.15, -0.1) is 0 Å². The Labute approximate surface area is 152 Å². The van der Waals surface area contributed by atoms with Crippen molar-refractivity contribution in [2.45, 2.75) is 19.4 Å². The summed E-state index contributed by atoms with van der Waals surface area (Å²) in [4.78, 5) is 0. The monoisotopic (exact) mass is 348 g/mol. The van der Waals surface area contributed by atoms with Crippen LogP contribution in [0.1, 0.15) is 16.7 Å². The molecule has 0 atom stereocenters. The number of benzene rings is 3. The van der Waals surface area contributed by atoms with Crippen molar-refractivity contribution in [3.05, 3.63) is 108 Å². The SMILES string of the molecule is c1ccc(CCP(CCc2ccccc2)OCc2ccccc2)cc1. The highest BCUT2D eigenvalue weighted by Gasteiger charge is 2.10. The van der Waals surface area contributed by atoms with Crippen molar-refractivity contribution in [2.24, 2.45) is 0 Å². The zero-order valence-electron chi connectivity index (χ0n) is 14.6. The molecule has 0 aromatic heterocycles. The first-order chi connectivity index (χ1) is 12.4. The van der Waals surface area contributed by atoms with Gasteiger partial charge in [0.1, 0.15) is 0 Å². The molecular formula is C23H25OP. The van der Waals surface area contributed by atoms with Crippen LogP contribution in [0, 0.1) is 0 Å². The minimum absolute atomic E-state index is 0.432. The Balaban J connectivity index is 1.56. The van der Waals surface area contributed by atoms with Crippen LogP contribution in [-0.2, 0) is 24.0 Å². The van der Waals surface area contributed by atoms with Crippen molar-refractivity contribution in [1.29, 1.82) is 0 Å². The second-order valence-electron chi connectivity index (χ2n) is 6.16. The molecule has 2 heteroatoms. The Hall–Kier alpha value is -1.95. The zero-order valence-corrected chi connectivity index (χ0v) is 15.4. The molecule has 0 N–H and O–H groups in total. The molecule has 0 aliphatic heterocycles. The second kappa shape index (κ2) is 10.1. The molecular weight excluding hydrogens is 323 g/mol. The van der Waals surface area contributed by atoms with Gasteiger partial charge in [-0.2, -0.15) is 0 Å². The van der Waals surface area contributed by atoms with Crippen LogP contribution in [0.4, 0.5) is 0 Å². The summed E-state index contributed by atoms with van der Waals surface area (Å²) in [6.45, 7) is 0.718. The predicted molar refractivity (Wildman–Crippen MR) is 108 cm³/mol. The summed E-state index contributed by atoms with van der Waals surface area (Å²) < 4.78 is 6.34. The summed E-state index contributed by atoms with van der Waals surface area (Å²) in [6, 6.07) is 32.0. The maximum absolute atomic E-state index is 6.34. The van der Waals surface area contributed by atoms with Gasteiger partial charge in [-0.25, -0.2) is 0 Å². The third-order valence-electron chi connectivity index (χ3n) is 4.24. The first kappa shape index (κ1) is 17.9. The summed E-state index contributed by atoms with van der Waals surface area (Å²) >= 11 is 0. The highest BCUT2D eigenvalue weighted by molar-refractivity contribution is 7.52. The predicted octanol–water partition coefficient (Wildman–Crippen LogP) is 6.09. The molecule has 0 aliphatic rings. The van der Waals surface area contributed by atoms with Gasteiger partial charge in [-0.05, 0) is 41.9 Å². The van der Waals surface area contributed by atoms with Crippen molar-refractivity contribution in [3.63, 3.8) is 0 Å². The quantitative estimate of drug-likeness (QED) is 0.425. The van der Waals surface area contributed by atoms with Gasteiger partial charge in [0.15, 0.2) is 0 Å². The highest BCUT2D eigenvalue weighted by Crippen LogP contribution is 2.39. The molecule has 0 bridgehead atoms. The standard InChI is InChI=1S/C23H25OP/c1-4-10-21(11-5-1)16-18-25(19-17-22-12-6-2-7-13-22)24-20-23-14-8-3-9-15-23/h1-15H,16-20H2. The second-order valence-corrected chi connectivity index (χ2v) is 8.28. The highest BCUT2D eigenvalue weighted by atomic mass is 31.1. The van der Waals surface area contributed by atoms with Crippen molar-refractivity contribution in [3.8, 4) is 0 Å². The molecule has 1 nitrogen and oxygen atoms in total. The van der Waals surface area contributed by atoms with Gasteiger partial charge < -0.3 is 4.52 Å². The Morgan fingerprint density at radius 2 is 0.920 bits per heavy atom. The van der Waals surface area contributed by atoms with E-state index in [0.29, 0.717) is 0 Å². The normalized spacial score (nSPS) is 10.9. The third kappa shape index (κ3) is 6.46. The van der Waals surface area contributed by atoms with Gasteiger partial charge in [0.25, 0.3) is 0 Å². The maximum Gasteiger partial charge on any atom is 0.0759 e. The largest absolute Gasteiger partial charge is 0.355 e. The number of hydrogen-bond donors (Lipinski definition) is 0. The van der Waals surface area contributed by atoms with E-state index in [2.05, 4.69) is 91.0 Å². The lowest BCUT2D eigenvalue weighted by Crippen LogP contribution is -2.01. The molecule has 0 amide bonds. The van der Waals surface area contributed by atoms with E-state index in [0.717, 1.165) is 31.8 Å². The summed E-state index contributed by atoms with van der Waals surface area (Å²) in [6.07, 6.45) is 4.43. The van der Waals surface area contributed by atoms with E-state index in [-0.39, 0.29) is 0 Å². The van der Waals surface area contributed by atoms with Crippen LogP contribution in [-0.4, -0.2) is 12.3 Å². The minimum atomic E-state index is -0.432. The Bertz CT molecular complexity index is 609. The molecule has 3 aromatic rings. The van der Waals surface area contributed by atoms with Gasteiger partial charge in [0.2, 0.25) is 0 Å². The lowest BCUT2D eigenvalue weighted by Gasteiger charge is -2.18. The number of rotatable bonds is 9. The topological polar surface area (TPSA) is 9.23 Å². The van der Waals surface area contributed by atoms with E-state index in [4.69, 9.17) is 4.52 Å². The molecule has 0 unspecified atom stereocenters. The maximum atomic E-state index is 6.34. The van der Waals surface area contributed by atoms with Crippen molar-refractivity contribution < 1.29 is 4.52 Å². The van der Waals surface area contributed by atoms with Gasteiger partial charge in [0.05, 0.1) is 6.61 Å². The molecule has 128 valence electrons. The van der Waals surface area contributed by atoms with Gasteiger partial charge in [-0.3, -0.25) is 0 Å². The third-order valence-corrected chi connectivity index (χ3v) is 6.18. The zero-order chi connectivity index (χ0) is 17.2. The molecule has 0 radical (unpaired) electrons. The lowest BCUT2D eigenvalue weighted by molar-refractivity contribution is 0.340. The van der Waals surface area contributed by atoms with Crippen LogP contribution >= 0.6 is 8.15 Å². The molecule has 3 rings (SSSR count). The molecule has 0 heterocycles. The van der Waals surface area contributed by atoms with E-state index < -0.39 is 8.15 Å². The van der Waals surface area contributed by atoms with Crippen LogP contribution in [0.25, 0.3) is 0 Å². The molecule has 0 spiro atoms. The molecule has 0 saturated heterocycles. The summed E-state index contributed by atoms with van der Waals surface area (Å²) in [5.41, 5.74) is 4.06. The molecule has 0 fully saturated rings. The smallest absolute Gasteiger partial charge is 0.0759 e. The fraction of sp³-hybridized carbons (Fsp3) is 0.217. The van der Waals surface area contributed by atoms with E-state index in [1.807, 2.05) is 0 Å². The Morgan fingerprint density at radius 1 is 0.520 bits per heavy atom. The fourth-order valence-electron chi connectivity index (χ4n) is 2.78. The first-order valence-corrected chi connectivity index (χ1v) is 10.5. The Kier molecular flexibility index (Phi) is 7.24. The van der Waals surface area contributed by atoms with E-state index in [1.54, 1.807) is 0 Å². The van der Waals surface area contributed by atoms with Crippen LogP contribution < -0.4 is 0 Å². The molecule has 0 saturated carbocycles. The Morgan fingerprint density at radius 3 is 1.36 bits per heavy atom. The van der Waals surface area contributed by atoms with Gasteiger partial charge in [-0.1, -0.05) is 91.0 Å². The molecule has 3 aromatic carbocycles. The van der Waals surface area contributed by atoms with Crippen molar-refractivity contribution in [1.82, 2.24) is 0 Å². The van der Waals surface area contributed by atoms with Crippen LogP contribution in [0.2, 0.25) is 0 Å². The van der Waals surface area contributed by atoms with Crippen LogP contribution in [0.5, 0.6) is 0 Å². The minimum Gasteiger partial charge on any atom is -0.355 e. The lowest BCUT2D eigenvalue weighted by atomic mass is 10.2.